The molecule has 2 aromatic carbocycles. The van der Waals surface area contributed by atoms with Gasteiger partial charge in [-0.3, -0.25) is 9.59 Å². The van der Waals surface area contributed by atoms with Gasteiger partial charge in [0, 0.05) is 23.7 Å². The van der Waals surface area contributed by atoms with E-state index in [9.17, 15) is 14.0 Å². The highest BCUT2D eigenvalue weighted by Crippen LogP contribution is 2.39. The van der Waals surface area contributed by atoms with Gasteiger partial charge in [0.25, 0.3) is 5.91 Å². The molecule has 3 aromatic rings. The molecule has 1 atom stereocenters. The molecule has 0 N–H and O–H groups in total. The normalized spacial score (nSPS) is 16.0. The minimum atomic E-state index is -0.868. The van der Waals surface area contributed by atoms with Crippen molar-refractivity contribution in [2.75, 3.05) is 13.2 Å². The summed E-state index contributed by atoms with van der Waals surface area (Å²) >= 11 is 6.06. The number of benzene rings is 2. The zero-order valence-electron chi connectivity index (χ0n) is 16.7. The fraction of sp³-hybridized carbons (Fsp3) is 0.304. The van der Waals surface area contributed by atoms with Gasteiger partial charge in [-0.25, -0.2) is 4.39 Å². The first kappa shape index (κ1) is 20.6. The molecule has 1 aliphatic heterocycles. The SMILES string of the molecule is CC(C)OCCCN1C(=O)c2oc3ccc(Cl)cc3c(=O)c2[C@H]1c1ccccc1F. The number of carbonyl (C=O) groups excluding carboxylic acids is 1. The Morgan fingerprint density at radius 2 is 1.97 bits per heavy atom. The van der Waals surface area contributed by atoms with Crippen LogP contribution < -0.4 is 5.43 Å². The maximum Gasteiger partial charge on any atom is 0.290 e. The molecule has 0 aliphatic carbocycles. The Hall–Kier alpha value is -2.70. The van der Waals surface area contributed by atoms with E-state index < -0.39 is 17.8 Å². The average molecular weight is 430 g/mol. The molecule has 0 saturated heterocycles. The number of halogens is 2. The fourth-order valence-electron chi connectivity index (χ4n) is 3.80. The Morgan fingerprint density at radius 1 is 1.20 bits per heavy atom. The van der Waals surface area contributed by atoms with E-state index in [1.807, 2.05) is 13.8 Å². The van der Waals surface area contributed by atoms with Crippen LogP contribution in [0.25, 0.3) is 11.0 Å². The van der Waals surface area contributed by atoms with Crippen LogP contribution in [0.5, 0.6) is 0 Å². The van der Waals surface area contributed by atoms with Gasteiger partial charge < -0.3 is 14.1 Å². The molecule has 2 heterocycles. The second-order valence-corrected chi connectivity index (χ2v) is 7.95. The minimum absolute atomic E-state index is 0.0483. The first-order valence-electron chi connectivity index (χ1n) is 9.81. The molecular weight excluding hydrogens is 409 g/mol. The van der Waals surface area contributed by atoms with Crippen LogP contribution in [0.2, 0.25) is 5.02 Å². The maximum absolute atomic E-state index is 14.7. The summed E-state index contributed by atoms with van der Waals surface area (Å²) in [5.41, 5.74) is 0.290. The summed E-state index contributed by atoms with van der Waals surface area (Å²) in [6.45, 7) is 4.60. The summed E-state index contributed by atoms with van der Waals surface area (Å²) in [7, 11) is 0. The lowest BCUT2D eigenvalue weighted by atomic mass is 9.98. The van der Waals surface area contributed by atoms with E-state index in [1.165, 1.54) is 17.0 Å². The van der Waals surface area contributed by atoms with Crippen molar-refractivity contribution in [3.05, 3.63) is 80.4 Å². The van der Waals surface area contributed by atoms with Crippen LogP contribution in [0.3, 0.4) is 0 Å². The van der Waals surface area contributed by atoms with Gasteiger partial charge in [-0.15, -0.1) is 0 Å². The highest BCUT2D eigenvalue weighted by molar-refractivity contribution is 6.31. The molecule has 0 fully saturated rings. The number of hydrogen-bond acceptors (Lipinski definition) is 4. The highest BCUT2D eigenvalue weighted by atomic mass is 35.5. The van der Waals surface area contributed by atoms with Crippen molar-refractivity contribution in [1.29, 1.82) is 0 Å². The van der Waals surface area contributed by atoms with E-state index in [0.29, 0.717) is 24.6 Å². The summed E-state index contributed by atoms with van der Waals surface area (Å²) in [4.78, 5) is 28.0. The van der Waals surface area contributed by atoms with E-state index >= 15 is 0 Å². The van der Waals surface area contributed by atoms with Crippen molar-refractivity contribution >= 4 is 28.5 Å². The van der Waals surface area contributed by atoms with Gasteiger partial charge in [-0.2, -0.15) is 0 Å². The summed E-state index contributed by atoms with van der Waals surface area (Å²) in [5.74, 6) is -0.971. The van der Waals surface area contributed by atoms with Crippen LogP contribution in [0.4, 0.5) is 4.39 Å². The van der Waals surface area contributed by atoms with Gasteiger partial charge in [0.15, 0.2) is 5.43 Å². The Balaban J connectivity index is 1.84. The smallest absolute Gasteiger partial charge is 0.290 e. The van der Waals surface area contributed by atoms with Gasteiger partial charge in [-0.05, 0) is 44.5 Å². The third-order valence-electron chi connectivity index (χ3n) is 5.12. The molecule has 1 aromatic heterocycles. The fourth-order valence-corrected chi connectivity index (χ4v) is 3.97. The van der Waals surface area contributed by atoms with Crippen molar-refractivity contribution in [3.8, 4) is 0 Å². The van der Waals surface area contributed by atoms with Gasteiger partial charge in [0.05, 0.1) is 23.1 Å². The number of carbonyl (C=O) groups is 1. The summed E-state index contributed by atoms with van der Waals surface area (Å²) in [5, 5.41) is 0.643. The van der Waals surface area contributed by atoms with Crippen molar-refractivity contribution in [1.82, 2.24) is 4.90 Å². The third-order valence-corrected chi connectivity index (χ3v) is 5.36. The van der Waals surface area contributed by atoms with Gasteiger partial charge in [0.2, 0.25) is 5.76 Å². The molecule has 1 amide bonds. The topological polar surface area (TPSA) is 59.8 Å². The Kier molecular flexibility index (Phi) is 5.62. The van der Waals surface area contributed by atoms with Crippen molar-refractivity contribution in [2.24, 2.45) is 0 Å². The predicted molar refractivity (Wildman–Crippen MR) is 112 cm³/mol. The van der Waals surface area contributed by atoms with Gasteiger partial charge in [0.1, 0.15) is 11.4 Å². The summed E-state index contributed by atoms with van der Waals surface area (Å²) in [6.07, 6.45) is 0.611. The first-order chi connectivity index (χ1) is 14.4. The standard InChI is InChI=1S/C23H21ClFNO4/c1-13(2)29-11-5-10-26-20(15-6-3-4-7-17(15)25)19-21(27)16-12-14(24)8-9-18(16)30-22(19)23(26)28/h3-4,6-9,12-13,20H,5,10-11H2,1-2H3/t20-/m1/s1. The number of fused-ring (bicyclic) bond motifs is 2. The summed E-state index contributed by atoms with van der Waals surface area (Å²) in [6, 6.07) is 9.94. The Bertz CT molecular complexity index is 1170. The van der Waals surface area contributed by atoms with Crippen molar-refractivity contribution in [3.63, 3.8) is 0 Å². The van der Waals surface area contributed by atoms with Gasteiger partial charge >= 0.3 is 0 Å². The molecule has 7 heteroatoms. The molecular formula is C23H21ClFNO4. The molecule has 0 radical (unpaired) electrons. The quantitative estimate of drug-likeness (QED) is 0.520. The number of hydrogen-bond donors (Lipinski definition) is 0. The number of nitrogens with zero attached hydrogens (tertiary/aromatic N) is 1. The molecule has 0 unspecified atom stereocenters. The van der Waals surface area contributed by atoms with E-state index in [4.69, 9.17) is 20.8 Å². The van der Waals surface area contributed by atoms with Crippen LogP contribution >= 0.6 is 11.6 Å². The van der Waals surface area contributed by atoms with Crippen LogP contribution in [0, 0.1) is 5.82 Å². The monoisotopic (exact) mass is 429 g/mol. The third kappa shape index (κ3) is 3.61. The molecule has 5 nitrogen and oxygen atoms in total. The van der Waals surface area contributed by atoms with Crippen LogP contribution in [-0.2, 0) is 4.74 Å². The Morgan fingerprint density at radius 3 is 2.70 bits per heavy atom. The lowest BCUT2D eigenvalue weighted by Crippen LogP contribution is -2.32. The number of ether oxygens (including phenoxy) is 1. The van der Waals surface area contributed by atoms with E-state index in [2.05, 4.69) is 0 Å². The second kappa shape index (κ2) is 8.20. The largest absolute Gasteiger partial charge is 0.450 e. The van der Waals surface area contributed by atoms with E-state index in [0.717, 1.165) is 0 Å². The van der Waals surface area contributed by atoms with Crippen molar-refractivity contribution in [2.45, 2.75) is 32.4 Å². The highest BCUT2D eigenvalue weighted by Gasteiger charge is 2.43. The second-order valence-electron chi connectivity index (χ2n) is 7.51. The molecule has 0 bridgehead atoms. The van der Waals surface area contributed by atoms with Crippen LogP contribution in [-0.4, -0.2) is 30.1 Å². The van der Waals surface area contributed by atoms with Gasteiger partial charge in [-0.1, -0.05) is 29.8 Å². The van der Waals surface area contributed by atoms with Crippen LogP contribution in [0.1, 0.15) is 48.0 Å². The zero-order valence-corrected chi connectivity index (χ0v) is 17.4. The van der Waals surface area contributed by atoms with Crippen LogP contribution in [0.15, 0.2) is 51.7 Å². The molecule has 0 spiro atoms. The van der Waals surface area contributed by atoms with E-state index in [1.54, 1.807) is 30.3 Å². The van der Waals surface area contributed by atoms with Crippen molar-refractivity contribution < 1.29 is 18.3 Å². The summed E-state index contributed by atoms with van der Waals surface area (Å²) < 4.78 is 26.1. The molecule has 4 rings (SSSR count). The molecule has 30 heavy (non-hydrogen) atoms. The lowest BCUT2D eigenvalue weighted by Gasteiger charge is -2.25. The maximum atomic E-state index is 14.7. The average Bonchev–Trinajstić information content (AvgIpc) is 2.98. The predicted octanol–water partition coefficient (Wildman–Crippen LogP) is 4.95. The van der Waals surface area contributed by atoms with E-state index in [-0.39, 0.29) is 39.4 Å². The minimum Gasteiger partial charge on any atom is -0.450 e. The Labute approximate surface area is 178 Å². The number of rotatable bonds is 6. The molecule has 0 saturated carbocycles. The lowest BCUT2D eigenvalue weighted by molar-refractivity contribution is 0.0592. The first-order valence-corrected chi connectivity index (χ1v) is 10.2. The molecule has 156 valence electrons. The zero-order chi connectivity index (χ0) is 21.4. The molecule has 1 aliphatic rings. The number of amides is 1.